The first-order valence-electron chi connectivity index (χ1n) is 14.2. The molecule has 44 heavy (non-hydrogen) atoms. The molecule has 13 heteroatoms. The Kier molecular flexibility index (Phi) is 13.9. The van der Waals surface area contributed by atoms with Gasteiger partial charge in [0.25, 0.3) is 0 Å². The van der Waals surface area contributed by atoms with Gasteiger partial charge in [-0.3, -0.25) is 9.78 Å². The number of hydrogen-bond acceptors (Lipinski definition) is 6. The van der Waals surface area contributed by atoms with Crippen LogP contribution < -0.4 is 16.4 Å². The first kappa shape index (κ1) is 35.7. The minimum atomic E-state index is -4.67. The van der Waals surface area contributed by atoms with Crippen molar-refractivity contribution in [1.29, 1.82) is 0 Å². The zero-order chi connectivity index (χ0) is 32.3. The Labute approximate surface area is 263 Å². The Balaban J connectivity index is 1.71. The highest BCUT2D eigenvalue weighted by Gasteiger charge is 2.32. The Morgan fingerprint density at radius 2 is 1.84 bits per heavy atom. The molecule has 1 heterocycles. The van der Waals surface area contributed by atoms with Gasteiger partial charge in [0.15, 0.2) is 0 Å². The average molecular weight is 659 g/mol. The lowest BCUT2D eigenvalue weighted by Gasteiger charge is -2.20. The molecule has 6 nitrogen and oxygen atoms in total. The fourth-order valence-corrected chi connectivity index (χ4v) is 5.22. The third-order valence-electron chi connectivity index (χ3n) is 7.26. The van der Waals surface area contributed by atoms with Crippen molar-refractivity contribution in [2.45, 2.75) is 69.6 Å². The molecule has 0 aliphatic heterocycles. The molecule has 3 rings (SSSR count). The van der Waals surface area contributed by atoms with Gasteiger partial charge in [-0.2, -0.15) is 13.2 Å². The van der Waals surface area contributed by atoms with Gasteiger partial charge >= 0.3 is 6.18 Å². The van der Waals surface area contributed by atoms with Gasteiger partial charge < -0.3 is 20.9 Å². The van der Waals surface area contributed by atoms with Crippen molar-refractivity contribution in [2.24, 2.45) is 5.73 Å². The zero-order valence-corrected chi connectivity index (χ0v) is 25.7. The number of nitrogens with one attached hydrogen (secondary N) is 2. The van der Waals surface area contributed by atoms with Crippen LogP contribution in [0.1, 0.15) is 67.2 Å². The monoisotopic (exact) mass is 658 g/mol. The van der Waals surface area contributed by atoms with Gasteiger partial charge in [-0.1, -0.05) is 23.7 Å². The Bertz CT molecular complexity index is 1380. The van der Waals surface area contributed by atoms with Crippen LogP contribution in [-0.2, 0) is 17.4 Å². The summed E-state index contributed by atoms with van der Waals surface area (Å²) in [6.45, 7) is 2.64. The van der Waals surface area contributed by atoms with E-state index in [1.165, 1.54) is 30.5 Å². The molecule has 5 N–H and O–H groups in total. The van der Waals surface area contributed by atoms with E-state index in [0.29, 0.717) is 36.9 Å². The summed E-state index contributed by atoms with van der Waals surface area (Å²) in [7, 11) is 0. The lowest BCUT2D eigenvalue weighted by Crippen LogP contribution is -2.32. The standard InChI is InChI=1S/C31H36ClF5N4O2S/c1-19(40-12-11-23(38)4-3-13-44-43)7-9-24-27(33)5-2-6-29(24)41-30(42)16-25(20-8-10-26(32)28(34)15-20)21-14-22(18-39-17-21)31(35,36)37/h2,5-6,8,10,14-15,17-19,23,25,40,43H,3-4,7,9,11-13,16,38H2,1H3,(H,41,42). The predicted octanol–water partition coefficient (Wildman–Crippen LogP) is 7.81. The molecule has 0 aliphatic carbocycles. The van der Waals surface area contributed by atoms with E-state index in [9.17, 15) is 26.7 Å². The average Bonchev–Trinajstić information content (AvgIpc) is 2.97. The van der Waals surface area contributed by atoms with Crippen LogP contribution in [0.3, 0.4) is 0 Å². The second kappa shape index (κ2) is 17.1. The molecule has 1 amide bonds. The van der Waals surface area contributed by atoms with Gasteiger partial charge in [0.2, 0.25) is 5.91 Å². The van der Waals surface area contributed by atoms with E-state index in [4.69, 9.17) is 21.9 Å². The topological polar surface area (TPSA) is 100 Å². The number of rotatable bonds is 16. The molecule has 0 spiro atoms. The van der Waals surface area contributed by atoms with Crippen LogP contribution >= 0.6 is 23.6 Å². The number of pyridine rings is 1. The molecule has 0 fully saturated rings. The summed E-state index contributed by atoms with van der Waals surface area (Å²) in [5.41, 5.74) is 5.92. The van der Waals surface area contributed by atoms with Crippen molar-refractivity contribution >= 4 is 35.2 Å². The van der Waals surface area contributed by atoms with Crippen LogP contribution in [0.25, 0.3) is 0 Å². The molecule has 0 bridgehead atoms. The fourth-order valence-electron chi connectivity index (χ4n) is 4.81. The summed E-state index contributed by atoms with van der Waals surface area (Å²) >= 11 is 6.61. The van der Waals surface area contributed by atoms with Crippen molar-refractivity contribution in [3.05, 3.63) is 93.8 Å². The second-order valence-electron chi connectivity index (χ2n) is 10.7. The third-order valence-corrected chi connectivity index (χ3v) is 8.04. The lowest BCUT2D eigenvalue weighted by molar-refractivity contribution is -0.137. The first-order chi connectivity index (χ1) is 20.9. The maximum absolute atomic E-state index is 14.9. The van der Waals surface area contributed by atoms with Crippen molar-refractivity contribution in [2.75, 3.05) is 17.6 Å². The lowest BCUT2D eigenvalue weighted by atomic mass is 9.88. The summed E-state index contributed by atoms with van der Waals surface area (Å²) in [6.07, 6.45) is 0.0790. The van der Waals surface area contributed by atoms with E-state index in [1.54, 1.807) is 6.07 Å². The number of halogens is 6. The zero-order valence-electron chi connectivity index (χ0n) is 24.1. The summed E-state index contributed by atoms with van der Waals surface area (Å²) in [6, 6.07) is 8.99. The molecule has 3 unspecified atom stereocenters. The first-order valence-corrected chi connectivity index (χ1v) is 15.5. The van der Waals surface area contributed by atoms with E-state index in [-0.39, 0.29) is 40.3 Å². The van der Waals surface area contributed by atoms with Crippen LogP contribution in [0.5, 0.6) is 0 Å². The highest BCUT2D eigenvalue weighted by Crippen LogP contribution is 2.35. The number of carbonyl (C=O) groups is 1. The van der Waals surface area contributed by atoms with Gasteiger partial charge in [-0.25, -0.2) is 8.78 Å². The van der Waals surface area contributed by atoms with Crippen molar-refractivity contribution < 1.29 is 31.3 Å². The third kappa shape index (κ3) is 11.0. The van der Waals surface area contributed by atoms with Crippen LogP contribution in [0, 0.1) is 11.6 Å². The maximum atomic E-state index is 14.9. The van der Waals surface area contributed by atoms with E-state index >= 15 is 0 Å². The van der Waals surface area contributed by atoms with Gasteiger partial charge in [0.1, 0.15) is 11.6 Å². The molecule has 1 aromatic heterocycles. The summed E-state index contributed by atoms with van der Waals surface area (Å²) in [5, 5.41) is 5.90. The minimum Gasteiger partial charge on any atom is -0.330 e. The molecule has 0 radical (unpaired) electrons. The molecule has 3 aromatic rings. The Hall–Kier alpha value is -2.77. The molecule has 240 valence electrons. The quantitative estimate of drug-likeness (QED) is 0.0712. The second-order valence-corrected chi connectivity index (χ2v) is 11.7. The van der Waals surface area contributed by atoms with E-state index in [1.807, 2.05) is 6.92 Å². The number of hydrogen-bond donors (Lipinski definition) is 4. The number of anilines is 1. The highest BCUT2D eigenvalue weighted by atomic mass is 35.5. The predicted molar refractivity (Wildman–Crippen MR) is 165 cm³/mol. The maximum Gasteiger partial charge on any atom is 0.417 e. The number of aromatic nitrogens is 1. The summed E-state index contributed by atoms with van der Waals surface area (Å²) < 4.78 is 78.3. The van der Waals surface area contributed by atoms with Gasteiger partial charge in [-0.05, 0) is 99.1 Å². The smallest absolute Gasteiger partial charge is 0.330 e. The van der Waals surface area contributed by atoms with Gasteiger partial charge in [-0.15, -0.1) is 0 Å². The molecule has 2 aromatic carbocycles. The summed E-state index contributed by atoms with van der Waals surface area (Å²) in [5.74, 6) is -2.24. The number of alkyl halides is 3. The number of benzene rings is 2. The highest BCUT2D eigenvalue weighted by molar-refractivity contribution is 7.93. The Morgan fingerprint density at radius 1 is 1.07 bits per heavy atom. The SMILES string of the molecule is CC(CCc1c(F)cccc1NC(=O)CC(c1cncc(C(F)(F)F)c1)c1ccc(Cl)c(F)c1)NCCC(N)CCCSO. The van der Waals surface area contributed by atoms with Crippen molar-refractivity contribution in [3.63, 3.8) is 0 Å². The number of carbonyl (C=O) groups excluding carboxylic acids is 1. The van der Waals surface area contributed by atoms with E-state index < -0.39 is 35.2 Å². The minimum absolute atomic E-state index is 0.00939. The molecule has 0 saturated heterocycles. The molecule has 3 atom stereocenters. The normalized spacial score (nSPS) is 13.8. The number of nitrogens with two attached hydrogens (primary N) is 1. The van der Waals surface area contributed by atoms with Crippen LogP contribution in [0.4, 0.5) is 27.6 Å². The molecule has 0 saturated carbocycles. The molecular formula is C31H36ClF5N4O2S. The van der Waals surface area contributed by atoms with Crippen LogP contribution in [0.2, 0.25) is 5.02 Å². The van der Waals surface area contributed by atoms with Crippen molar-refractivity contribution in [1.82, 2.24) is 10.3 Å². The summed E-state index contributed by atoms with van der Waals surface area (Å²) in [4.78, 5) is 17.0. The van der Waals surface area contributed by atoms with E-state index in [2.05, 4.69) is 15.6 Å². The Morgan fingerprint density at radius 3 is 2.55 bits per heavy atom. The van der Waals surface area contributed by atoms with Crippen molar-refractivity contribution in [3.8, 4) is 0 Å². The largest absolute Gasteiger partial charge is 0.417 e. The van der Waals surface area contributed by atoms with Gasteiger partial charge in [0.05, 0.1) is 10.6 Å². The molecular weight excluding hydrogens is 623 g/mol. The molecule has 0 aliphatic rings. The fraction of sp³-hybridized carbons (Fsp3) is 0.419. The number of nitrogens with zero attached hydrogens (tertiary/aromatic N) is 1. The van der Waals surface area contributed by atoms with Gasteiger partial charge in [0, 0.05) is 53.8 Å². The van der Waals surface area contributed by atoms with E-state index in [0.717, 1.165) is 43.4 Å². The van der Waals surface area contributed by atoms with Crippen LogP contribution in [-0.4, -0.2) is 39.8 Å². The number of amides is 1. The van der Waals surface area contributed by atoms with Crippen LogP contribution in [0.15, 0.2) is 54.9 Å².